The highest BCUT2D eigenvalue weighted by molar-refractivity contribution is 7.89. The molecule has 28 heavy (non-hydrogen) atoms. The summed E-state index contributed by atoms with van der Waals surface area (Å²) in [6, 6.07) is 6.37. The van der Waals surface area contributed by atoms with E-state index in [9.17, 15) is 35.2 Å². The predicted molar refractivity (Wildman–Crippen MR) is 89.7 cm³/mol. The highest BCUT2D eigenvalue weighted by Gasteiger charge is 2.33. The van der Waals surface area contributed by atoms with Gasteiger partial charge < -0.3 is 5.32 Å². The molecular formula is C17H15F5N2O3S. The molecule has 0 aliphatic heterocycles. The van der Waals surface area contributed by atoms with Crippen molar-refractivity contribution in [1.82, 2.24) is 10.0 Å². The molecule has 0 aliphatic rings. The summed E-state index contributed by atoms with van der Waals surface area (Å²) in [5.74, 6) is -2.37. The molecule has 0 atom stereocenters. The fourth-order valence-corrected chi connectivity index (χ4v) is 3.38. The van der Waals surface area contributed by atoms with Gasteiger partial charge in [0.15, 0.2) is 0 Å². The Morgan fingerprint density at radius 2 is 1.71 bits per heavy atom. The Labute approximate surface area is 157 Å². The molecule has 0 heterocycles. The van der Waals surface area contributed by atoms with Crippen LogP contribution in [-0.2, 0) is 27.4 Å². The quantitative estimate of drug-likeness (QED) is 0.532. The van der Waals surface area contributed by atoms with Crippen LogP contribution in [0.3, 0.4) is 0 Å². The molecule has 11 heteroatoms. The van der Waals surface area contributed by atoms with E-state index >= 15 is 0 Å². The van der Waals surface area contributed by atoms with Crippen molar-refractivity contribution in [3.63, 3.8) is 0 Å². The molecule has 2 aromatic carbocycles. The Morgan fingerprint density at radius 1 is 1.00 bits per heavy atom. The van der Waals surface area contributed by atoms with Crippen molar-refractivity contribution in [2.24, 2.45) is 0 Å². The summed E-state index contributed by atoms with van der Waals surface area (Å²) in [7, 11) is -4.56. The largest absolute Gasteiger partial charge is 0.416 e. The third-order valence-corrected chi connectivity index (χ3v) is 5.02. The van der Waals surface area contributed by atoms with Crippen LogP contribution in [0.15, 0.2) is 47.4 Å². The second kappa shape index (κ2) is 8.65. The van der Waals surface area contributed by atoms with Crippen molar-refractivity contribution in [3.05, 3.63) is 65.2 Å². The van der Waals surface area contributed by atoms with Crippen molar-refractivity contribution in [3.8, 4) is 0 Å². The van der Waals surface area contributed by atoms with E-state index in [-0.39, 0.29) is 25.6 Å². The summed E-state index contributed by atoms with van der Waals surface area (Å²) >= 11 is 0. The standard InChI is InChI=1S/C17H15F5N2O3S/c18-13-3-1-2-11(8-13)9-16(25)23-6-7-24-28(26,27)15-10-12(17(20,21)22)4-5-14(15)19/h1-5,8,10,24H,6-7,9H2,(H,23,25). The molecule has 2 N–H and O–H groups in total. The molecule has 0 aliphatic carbocycles. The lowest BCUT2D eigenvalue weighted by molar-refractivity contribution is -0.137. The first-order valence-corrected chi connectivity index (χ1v) is 9.35. The maximum Gasteiger partial charge on any atom is 0.416 e. The molecule has 1 amide bonds. The fourth-order valence-electron chi connectivity index (χ4n) is 2.25. The van der Waals surface area contributed by atoms with Crippen molar-refractivity contribution >= 4 is 15.9 Å². The topological polar surface area (TPSA) is 75.3 Å². The number of rotatable bonds is 7. The van der Waals surface area contributed by atoms with E-state index in [4.69, 9.17) is 0 Å². The average molecular weight is 422 g/mol. The lowest BCUT2D eigenvalue weighted by Crippen LogP contribution is -2.35. The first-order valence-electron chi connectivity index (χ1n) is 7.86. The van der Waals surface area contributed by atoms with Crippen LogP contribution in [-0.4, -0.2) is 27.4 Å². The Kier molecular flexibility index (Phi) is 6.73. The van der Waals surface area contributed by atoms with Gasteiger partial charge in [-0.25, -0.2) is 21.9 Å². The van der Waals surface area contributed by atoms with Gasteiger partial charge in [-0.1, -0.05) is 12.1 Å². The van der Waals surface area contributed by atoms with Gasteiger partial charge in [0.05, 0.1) is 12.0 Å². The van der Waals surface area contributed by atoms with Gasteiger partial charge >= 0.3 is 6.18 Å². The number of benzene rings is 2. The molecule has 0 bridgehead atoms. The van der Waals surface area contributed by atoms with Gasteiger partial charge in [0, 0.05) is 13.1 Å². The van der Waals surface area contributed by atoms with Crippen molar-refractivity contribution in [2.75, 3.05) is 13.1 Å². The molecular weight excluding hydrogens is 407 g/mol. The Hall–Kier alpha value is -2.53. The number of alkyl halides is 3. The number of carbonyl (C=O) groups is 1. The predicted octanol–water partition coefficient (Wildman–Crippen LogP) is 2.62. The highest BCUT2D eigenvalue weighted by atomic mass is 32.2. The molecule has 152 valence electrons. The van der Waals surface area contributed by atoms with Gasteiger partial charge in [0.2, 0.25) is 15.9 Å². The summed E-state index contributed by atoms with van der Waals surface area (Å²) in [5, 5.41) is 2.36. The van der Waals surface area contributed by atoms with Gasteiger partial charge in [0.1, 0.15) is 16.5 Å². The summed E-state index contributed by atoms with van der Waals surface area (Å²) in [5.41, 5.74) is -0.901. The highest BCUT2D eigenvalue weighted by Crippen LogP contribution is 2.31. The SMILES string of the molecule is O=C(Cc1cccc(F)c1)NCCNS(=O)(=O)c1cc(C(F)(F)F)ccc1F. The van der Waals surface area contributed by atoms with E-state index in [1.54, 1.807) is 0 Å². The summed E-state index contributed by atoms with van der Waals surface area (Å²) in [6.07, 6.45) is -4.98. The summed E-state index contributed by atoms with van der Waals surface area (Å²) in [6.45, 7) is -0.582. The second-order valence-electron chi connectivity index (χ2n) is 5.70. The molecule has 0 radical (unpaired) electrons. The van der Waals surface area contributed by atoms with Gasteiger partial charge in [0.25, 0.3) is 0 Å². The zero-order chi connectivity index (χ0) is 20.9. The smallest absolute Gasteiger partial charge is 0.355 e. The van der Waals surface area contributed by atoms with Crippen LogP contribution in [0.4, 0.5) is 22.0 Å². The molecule has 5 nitrogen and oxygen atoms in total. The van der Waals surface area contributed by atoms with E-state index < -0.39 is 44.2 Å². The molecule has 0 aromatic heterocycles. The van der Waals surface area contributed by atoms with Crippen molar-refractivity contribution < 1.29 is 35.2 Å². The van der Waals surface area contributed by atoms with Crippen LogP contribution < -0.4 is 10.0 Å². The van der Waals surface area contributed by atoms with E-state index in [1.807, 2.05) is 4.72 Å². The number of amides is 1. The third-order valence-electron chi connectivity index (χ3n) is 3.54. The van der Waals surface area contributed by atoms with Crippen LogP contribution in [0.25, 0.3) is 0 Å². The average Bonchev–Trinajstić information content (AvgIpc) is 2.58. The number of hydrogen-bond acceptors (Lipinski definition) is 3. The van der Waals surface area contributed by atoms with E-state index in [0.29, 0.717) is 17.7 Å². The second-order valence-corrected chi connectivity index (χ2v) is 7.43. The molecule has 0 saturated heterocycles. The lowest BCUT2D eigenvalue weighted by Gasteiger charge is -2.11. The van der Waals surface area contributed by atoms with Crippen LogP contribution in [0.5, 0.6) is 0 Å². The van der Waals surface area contributed by atoms with E-state index in [1.165, 1.54) is 24.3 Å². The van der Waals surface area contributed by atoms with Gasteiger partial charge in [-0.2, -0.15) is 13.2 Å². The third kappa shape index (κ3) is 5.99. The minimum atomic E-state index is -4.83. The molecule has 0 saturated carbocycles. The number of nitrogens with one attached hydrogen (secondary N) is 2. The van der Waals surface area contributed by atoms with E-state index in [0.717, 1.165) is 0 Å². The van der Waals surface area contributed by atoms with Gasteiger partial charge in [-0.3, -0.25) is 4.79 Å². The molecule has 2 aromatic rings. The lowest BCUT2D eigenvalue weighted by atomic mass is 10.1. The zero-order valence-electron chi connectivity index (χ0n) is 14.2. The minimum absolute atomic E-state index is 0.146. The van der Waals surface area contributed by atoms with Crippen LogP contribution in [0.2, 0.25) is 0 Å². The van der Waals surface area contributed by atoms with Crippen molar-refractivity contribution in [2.45, 2.75) is 17.5 Å². The number of halogens is 5. The first kappa shape index (κ1) is 21.8. The minimum Gasteiger partial charge on any atom is -0.355 e. The summed E-state index contributed by atoms with van der Waals surface area (Å²) in [4.78, 5) is 10.6. The maximum atomic E-state index is 13.7. The van der Waals surface area contributed by atoms with Crippen LogP contribution in [0.1, 0.15) is 11.1 Å². The van der Waals surface area contributed by atoms with Gasteiger partial charge in [-0.05, 0) is 35.9 Å². The first-order chi connectivity index (χ1) is 13.0. The monoisotopic (exact) mass is 422 g/mol. The normalized spacial score (nSPS) is 12.0. The molecule has 0 unspecified atom stereocenters. The number of sulfonamides is 1. The maximum absolute atomic E-state index is 13.7. The fraction of sp³-hybridized carbons (Fsp3) is 0.235. The number of carbonyl (C=O) groups excluding carboxylic acids is 1. The molecule has 2 rings (SSSR count). The van der Waals surface area contributed by atoms with Crippen LogP contribution >= 0.6 is 0 Å². The van der Waals surface area contributed by atoms with Gasteiger partial charge in [-0.15, -0.1) is 0 Å². The van der Waals surface area contributed by atoms with E-state index in [2.05, 4.69) is 5.32 Å². The molecule has 0 spiro atoms. The zero-order valence-corrected chi connectivity index (χ0v) is 15.0. The van der Waals surface area contributed by atoms with Crippen molar-refractivity contribution in [1.29, 1.82) is 0 Å². The number of hydrogen-bond donors (Lipinski definition) is 2. The Morgan fingerprint density at radius 3 is 2.36 bits per heavy atom. The molecule has 0 fully saturated rings. The Balaban J connectivity index is 1.92. The summed E-state index contributed by atoms with van der Waals surface area (Å²) < 4.78 is 90.7. The Bertz CT molecular complexity index is 962. The van der Waals surface area contributed by atoms with Crippen LogP contribution in [0, 0.1) is 11.6 Å².